The maximum absolute atomic E-state index is 12.6. The average molecular weight is 413 g/mol. The number of halogens is 1. The second kappa shape index (κ2) is 8.05. The molecule has 0 fully saturated rings. The van der Waals surface area contributed by atoms with Crippen molar-refractivity contribution in [2.24, 2.45) is 5.10 Å². The van der Waals surface area contributed by atoms with Gasteiger partial charge in [-0.25, -0.2) is 10.1 Å². The summed E-state index contributed by atoms with van der Waals surface area (Å²) in [5.41, 5.74) is 3.30. The summed E-state index contributed by atoms with van der Waals surface area (Å²) < 4.78 is 2.20. The molecule has 0 aliphatic heterocycles. The topological polar surface area (TPSA) is 76.3 Å². The van der Waals surface area contributed by atoms with Gasteiger partial charge in [-0.3, -0.25) is 9.59 Å². The lowest BCUT2D eigenvalue weighted by atomic mass is 10.1. The van der Waals surface area contributed by atoms with Crippen molar-refractivity contribution in [2.45, 2.75) is 19.9 Å². The minimum Gasteiger partial charge on any atom is -0.267 e. The highest BCUT2D eigenvalue weighted by atomic mass is 79.9. The predicted molar refractivity (Wildman–Crippen MR) is 105 cm³/mol. The summed E-state index contributed by atoms with van der Waals surface area (Å²) in [4.78, 5) is 25.1. The second-order valence-corrected chi connectivity index (χ2v) is 6.50. The number of hydrogen-bond donors (Lipinski definition) is 1. The maximum atomic E-state index is 12.6. The molecule has 0 unspecified atom stereocenters. The summed E-state index contributed by atoms with van der Waals surface area (Å²) in [6.45, 7) is 2.40. The summed E-state index contributed by atoms with van der Waals surface area (Å²) in [7, 11) is 0. The highest BCUT2D eigenvalue weighted by Crippen LogP contribution is 2.14. The lowest BCUT2D eigenvalue weighted by Crippen LogP contribution is -2.29. The van der Waals surface area contributed by atoms with Crippen molar-refractivity contribution in [1.29, 1.82) is 0 Å². The van der Waals surface area contributed by atoms with Crippen LogP contribution in [0, 0.1) is 0 Å². The van der Waals surface area contributed by atoms with E-state index in [-0.39, 0.29) is 11.3 Å². The van der Waals surface area contributed by atoms with E-state index in [0.717, 1.165) is 16.5 Å². The summed E-state index contributed by atoms with van der Waals surface area (Å²) in [6.07, 6.45) is 2.29. The van der Waals surface area contributed by atoms with Crippen molar-refractivity contribution in [2.75, 3.05) is 0 Å². The van der Waals surface area contributed by atoms with Crippen molar-refractivity contribution in [3.8, 4) is 0 Å². The Morgan fingerprint density at radius 3 is 2.62 bits per heavy atom. The first kappa shape index (κ1) is 18.0. The predicted octanol–water partition coefficient (Wildman–Crippen LogP) is 3.33. The van der Waals surface area contributed by atoms with Crippen LogP contribution in [0.4, 0.5) is 0 Å². The van der Waals surface area contributed by atoms with Gasteiger partial charge in [-0.2, -0.15) is 10.2 Å². The molecular formula is C19H17BrN4O2. The number of aryl methyl sites for hydroxylation is 1. The van der Waals surface area contributed by atoms with Gasteiger partial charge in [-0.1, -0.05) is 59.3 Å². The summed E-state index contributed by atoms with van der Waals surface area (Å²) in [6, 6.07) is 14.5. The van der Waals surface area contributed by atoms with Crippen LogP contribution in [0.3, 0.4) is 0 Å². The first-order valence-electron chi connectivity index (χ1n) is 8.19. The molecule has 3 aromatic rings. The van der Waals surface area contributed by atoms with Crippen LogP contribution in [-0.2, 0) is 6.54 Å². The fraction of sp³-hybridized carbons (Fsp3) is 0.158. The third-order valence-corrected chi connectivity index (χ3v) is 4.52. The average Bonchev–Trinajstić information content (AvgIpc) is 2.65. The number of hydrazone groups is 1. The molecule has 0 atom stereocenters. The number of nitrogens with zero attached hydrogens (tertiary/aromatic N) is 3. The smallest absolute Gasteiger partial charge is 0.267 e. The van der Waals surface area contributed by atoms with Crippen LogP contribution < -0.4 is 11.0 Å². The van der Waals surface area contributed by atoms with Gasteiger partial charge < -0.3 is 0 Å². The summed E-state index contributed by atoms with van der Waals surface area (Å²) in [5, 5.41) is 9.22. The normalized spacial score (nSPS) is 11.2. The number of amides is 1. The zero-order valence-corrected chi connectivity index (χ0v) is 15.7. The van der Waals surface area contributed by atoms with Crippen LogP contribution in [0.15, 0.2) is 62.9 Å². The largest absolute Gasteiger partial charge is 0.292 e. The Kier molecular flexibility index (Phi) is 5.58. The molecule has 0 aliphatic carbocycles. The Morgan fingerprint density at radius 1 is 1.19 bits per heavy atom. The zero-order valence-electron chi connectivity index (χ0n) is 14.1. The minimum atomic E-state index is -0.464. The molecule has 0 aliphatic rings. The molecule has 0 bridgehead atoms. The van der Waals surface area contributed by atoms with E-state index in [0.29, 0.717) is 17.3 Å². The number of carbonyl (C=O) groups is 1. The number of nitrogens with one attached hydrogen (secondary N) is 1. The lowest BCUT2D eigenvalue weighted by Gasteiger charge is -2.09. The number of benzene rings is 2. The van der Waals surface area contributed by atoms with E-state index in [1.54, 1.807) is 30.5 Å². The van der Waals surface area contributed by atoms with Crippen LogP contribution in [-0.4, -0.2) is 21.9 Å². The Labute approximate surface area is 158 Å². The highest BCUT2D eigenvalue weighted by Gasteiger charge is 2.15. The molecule has 0 spiro atoms. The fourth-order valence-corrected chi connectivity index (χ4v) is 2.95. The molecule has 132 valence electrons. The Bertz CT molecular complexity index is 1040. The van der Waals surface area contributed by atoms with Gasteiger partial charge in [-0.05, 0) is 18.6 Å². The highest BCUT2D eigenvalue weighted by molar-refractivity contribution is 9.10. The van der Waals surface area contributed by atoms with Crippen LogP contribution in [0.2, 0.25) is 0 Å². The lowest BCUT2D eigenvalue weighted by molar-refractivity contribution is 0.0949. The van der Waals surface area contributed by atoms with E-state index < -0.39 is 5.91 Å². The number of carbonyl (C=O) groups excluding carboxylic acids is 1. The molecule has 0 saturated carbocycles. The molecule has 1 N–H and O–H groups in total. The van der Waals surface area contributed by atoms with Crippen molar-refractivity contribution < 1.29 is 4.79 Å². The SMILES string of the molecule is CCCn1nc(C(=O)N/N=C/c2ccccc2Br)c2ccccc2c1=O. The van der Waals surface area contributed by atoms with Crippen molar-refractivity contribution in [3.63, 3.8) is 0 Å². The van der Waals surface area contributed by atoms with E-state index in [1.165, 1.54) is 4.68 Å². The number of aromatic nitrogens is 2. The molecule has 0 radical (unpaired) electrons. The second-order valence-electron chi connectivity index (χ2n) is 5.64. The van der Waals surface area contributed by atoms with Crippen molar-refractivity contribution in [1.82, 2.24) is 15.2 Å². The van der Waals surface area contributed by atoms with Gasteiger partial charge >= 0.3 is 0 Å². The minimum absolute atomic E-state index is 0.179. The number of hydrogen-bond acceptors (Lipinski definition) is 4. The molecule has 26 heavy (non-hydrogen) atoms. The zero-order chi connectivity index (χ0) is 18.5. The van der Waals surface area contributed by atoms with Gasteiger partial charge in [0.05, 0.1) is 11.6 Å². The Hall–Kier alpha value is -2.80. The monoisotopic (exact) mass is 412 g/mol. The first-order chi connectivity index (χ1) is 12.6. The van der Waals surface area contributed by atoms with Gasteiger partial charge in [0, 0.05) is 22.0 Å². The number of fused-ring (bicyclic) bond motifs is 1. The molecule has 1 heterocycles. The van der Waals surface area contributed by atoms with Gasteiger partial charge in [0.15, 0.2) is 5.69 Å². The van der Waals surface area contributed by atoms with Crippen LogP contribution in [0.25, 0.3) is 10.8 Å². The van der Waals surface area contributed by atoms with Gasteiger partial charge in [-0.15, -0.1) is 0 Å². The first-order valence-corrected chi connectivity index (χ1v) is 8.99. The molecule has 3 rings (SSSR count). The van der Waals surface area contributed by atoms with Crippen LogP contribution in [0.5, 0.6) is 0 Å². The summed E-state index contributed by atoms with van der Waals surface area (Å²) >= 11 is 3.42. The van der Waals surface area contributed by atoms with E-state index in [9.17, 15) is 9.59 Å². The standard InChI is InChI=1S/C19H17BrN4O2/c1-2-11-24-19(26)15-9-5-4-8-14(15)17(23-24)18(25)22-21-12-13-7-3-6-10-16(13)20/h3-10,12H,2,11H2,1H3,(H,22,25)/b21-12+. The Balaban J connectivity index is 1.94. The molecule has 0 saturated heterocycles. The third kappa shape index (κ3) is 3.72. The van der Waals surface area contributed by atoms with Crippen molar-refractivity contribution >= 4 is 38.8 Å². The number of rotatable bonds is 5. The molecule has 1 aromatic heterocycles. The molecular weight excluding hydrogens is 396 g/mol. The molecule has 6 nitrogen and oxygen atoms in total. The quantitative estimate of drug-likeness (QED) is 0.515. The van der Waals surface area contributed by atoms with E-state index in [1.807, 2.05) is 31.2 Å². The van der Waals surface area contributed by atoms with Gasteiger partial charge in [0.25, 0.3) is 11.5 Å². The van der Waals surface area contributed by atoms with E-state index in [2.05, 4.69) is 31.6 Å². The fourth-order valence-electron chi connectivity index (χ4n) is 2.56. The third-order valence-electron chi connectivity index (χ3n) is 3.79. The summed E-state index contributed by atoms with van der Waals surface area (Å²) in [5.74, 6) is -0.464. The van der Waals surface area contributed by atoms with Crippen LogP contribution in [0.1, 0.15) is 29.4 Å². The van der Waals surface area contributed by atoms with Gasteiger partial charge in [0.1, 0.15) is 0 Å². The van der Waals surface area contributed by atoms with Crippen LogP contribution >= 0.6 is 15.9 Å². The van der Waals surface area contributed by atoms with Crippen molar-refractivity contribution in [3.05, 3.63) is 74.6 Å². The molecule has 7 heteroatoms. The molecule has 2 aromatic carbocycles. The van der Waals surface area contributed by atoms with Gasteiger partial charge in [0.2, 0.25) is 0 Å². The van der Waals surface area contributed by atoms with E-state index >= 15 is 0 Å². The maximum Gasteiger partial charge on any atom is 0.292 e. The van der Waals surface area contributed by atoms with E-state index in [4.69, 9.17) is 0 Å². The molecule has 1 amide bonds. The Morgan fingerprint density at radius 2 is 1.88 bits per heavy atom.